The second kappa shape index (κ2) is 9.13. The Morgan fingerprint density at radius 1 is 1.26 bits per heavy atom. The Kier molecular flexibility index (Phi) is 6.36. The van der Waals surface area contributed by atoms with Crippen molar-refractivity contribution in [3.63, 3.8) is 0 Å². The Morgan fingerprint density at radius 2 is 1.97 bits per heavy atom. The van der Waals surface area contributed by atoms with Crippen molar-refractivity contribution in [3.05, 3.63) is 71.7 Å². The molecule has 156 valence electrons. The first-order valence-electron chi connectivity index (χ1n) is 9.37. The number of hydrogen-bond acceptors (Lipinski definition) is 6. The molecule has 0 amide bonds. The highest BCUT2D eigenvalue weighted by atomic mass is 19.1. The molecule has 0 spiro atoms. The SMILES string of the molecule is CC(=N)[C@@H](C#N)C(=O)COC(=O)c1cn(-c2ccc(F)cc2)nc1-c1cccc(C)c1. The molecule has 0 saturated carbocycles. The van der Waals surface area contributed by atoms with Crippen LogP contribution in [0, 0.1) is 35.4 Å². The van der Waals surface area contributed by atoms with Crippen molar-refractivity contribution in [2.24, 2.45) is 5.92 Å². The lowest BCUT2D eigenvalue weighted by molar-refractivity contribution is -0.122. The van der Waals surface area contributed by atoms with Crippen LogP contribution in [0.25, 0.3) is 16.9 Å². The second-order valence-corrected chi connectivity index (χ2v) is 6.97. The lowest BCUT2D eigenvalue weighted by atomic mass is 10.0. The molecule has 3 rings (SSSR count). The molecule has 0 radical (unpaired) electrons. The van der Waals surface area contributed by atoms with E-state index in [-0.39, 0.29) is 11.3 Å². The number of esters is 1. The largest absolute Gasteiger partial charge is 0.454 e. The fourth-order valence-corrected chi connectivity index (χ4v) is 2.96. The van der Waals surface area contributed by atoms with Crippen LogP contribution >= 0.6 is 0 Å². The van der Waals surface area contributed by atoms with Crippen molar-refractivity contribution >= 4 is 17.5 Å². The number of ketones is 1. The van der Waals surface area contributed by atoms with Gasteiger partial charge < -0.3 is 10.1 Å². The Morgan fingerprint density at radius 3 is 2.58 bits per heavy atom. The van der Waals surface area contributed by atoms with Crippen LogP contribution < -0.4 is 0 Å². The maximum Gasteiger partial charge on any atom is 0.342 e. The molecule has 8 heteroatoms. The summed E-state index contributed by atoms with van der Waals surface area (Å²) in [6.45, 7) is 2.61. The summed E-state index contributed by atoms with van der Waals surface area (Å²) < 4.78 is 19.8. The molecule has 1 heterocycles. The number of aromatic nitrogens is 2. The predicted molar refractivity (Wildman–Crippen MR) is 111 cm³/mol. The molecule has 2 aromatic carbocycles. The number of nitrogens with one attached hydrogen (secondary N) is 1. The molecular weight excluding hydrogens is 399 g/mol. The Hall–Kier alpha value is -4.12. The smallest absolute Gasteiger partial charge is 0.342 e. The summed E-state index contributed by atoms with van der Waals surface area (Å²) in [6, 6.07) is 14.7. The number of benzene rings is 2. The summed E-state index contributed by atoms with van der Waals surface area (Å²) in [5, 5.41) is 21.0. The molecule has 31 heavy (non-hydrogen) atoms. The number of Topliss-reactive ketones (excluding diaryl/α,β-unsaturated/α-hetero) is 1. The molecule has 0 saturated heterocycles. The van der Waals surface area contributed by atoms with Gasteiger partial charge in [-0.15, -0.1) is 0 Å². The summed E-state index contributed by atoms with van der Waals surface area (Å²) in [4.78, 5) is 24.9. The van der Waals surface area contributed by atoms with E-state index in [1.807, 2.05) is 25.1 Å². The van der Waals surface area contributed by atoms with Crippen molar-refractivity contribution in [2.45, 2.75) is 13.8 Å². The van der Waals surface area contributed by atoms with Crippen molar-refractivity contribution in [1.29, 1.82) is 10.7 Å². The van der Waals surface area contributed by atoms with Gasteiger partial charge in [-0.25, -0.2) is 13.9 Å². The molecule has 1 atom stereocenters. The third-order valence-electron chi connectivity index (χ3n) is 4.55. The number of nitrogens with zero attached hydrogens (tertiary/aromatic N) is 3. The molecule has 7 nitrogen and oxygen atoms in total. The van der Waals surface area contributed by atoms with E-state index in [1.165, 1.54) is 42.1 Å². The Labute approximate surface area is 178 Å². The molecule has 0 unspecified atom stereocenters. The van der Waals surface area contributed by atoms with Gasteiger partial charge in [0.1, 0.15) is 23.0 Å². The maximum atomic E-state index is 13.3. The first kappa shape index (κ1) is 21.6. The number of nitriles is 1. The van der Waals surface area contributed by atoms with E-state index in [0.29, 0.717) is 16.9 Å². The van der Waals surface area contributed by atoms with E-state index in [1.54, 1.807) is 12.1 Å². The summed E-state index contributed by atoms with van der Waals surface area (Å²) >= 11 is 0. The van der Waals surface area contributed by atoms with Crippen LogP contribution in [-0.4, -0.2) is 33.9 Å². The number of rotatable bonds is 7. The van der Waals surface area contributed by atoms with Gasteiger partial charge >= 0.3 is 5.97 Å². The molecule has 1 N–H and O–H groups in total. The lowest BCUT2D eigenvalue weighted by Crippen LogP contribution is -2.25. The van der Waals surface area contributed by atoms with E-state index in [9.17, 15) is 14.0 Å². The molecule has 0 aliphatic heterocycles. The summed E-state index contributed by atoms with van der Waals surface area (Å²) in [6.07, 6.45) is 1.45. The summed E-state index contributed by atoms with van der Waals surface area (Å²) in [5.74, 6) is -3.13. The number of halogens is 1. The molecule has 0 aliphatic rings. The molecule has 1 aromatic heterocycles. The average Bonchev–Trinajstić information content (AvgIpc) is 3.18. The van der Waals surface area contributed by atoms with E-state index < -0.39 is 30.1 Å². The van der Waals surface area contributed by atoms with Crippen molar-refractivity contribution in [1.82, 2.24) is 9.78 Å². The zero-order chi connectivity index (χ0) is 22.5. The number of carbonyl (C=O) groups is 2. The third-order valence-corrected chi connectivity index (χ3v) is 4.55. The summed E-state index contributed by atoms with van der Waals surface area (Å²) in [5.41, 5.74) is 2.50. The fourth-order valence-electron chi connectivity index (χ4n) is 2.96. The molecule has 0 fully saturated rings. The van der Waals surface area contributed by atoms with Crippen molar-refractivity contribution < 1.29 is 18.7 Å². The highest BCUT2D eigenvalue weighted by molar-refractivity contribution is 6.06. The topological polar surface area (TPSA) is 109 Å². The highest BCUT2D eigenvalue weighted by Gasteiger charge is 2.24. The number of aryl methyl sites for hydroxylation is 1. The van der Waals surface area contributed by atoms with Crippen molar-refractivity contribution in [2.75, 3.05) is 6.61 Å². The van der Waals surface area contributed by atoms with E-state index in [4.69, 9.17) is 15.4 Å². The van der Waals surface area contributed by atoms with Crippen LogP contribution in [0.1, 0.15) is 22.8 Å². The van der Waals surface area contributed by atoms with E-state index in [2.05, 4.69) is 5.10 Å². The Balaban J connectivity index is 1.94. The molecule has 0 bridgehead atoms. The Bertz CT molecular complexity index is 1190. The number of ether oxygens (including phenoxy) is 1. The van der Waals surface area contributed by atoms with Gasteiger partial charge in [0, 0.05) is 17.5 Å². The zero-order valence-electron chi connectivity index (χ0n) is 16.9. The normalized spacial score (nSPS) is 11.4. The predicted octanol–water partition coefficient (Wildman–Crippen LogP) is 3.89. The zero-order valence-corrected chi connectivity index (χ0v) is 16.9. The van der Waals surface area contributed by atoms with Crippen LogP contribution in [0.4, 0.5) is 4.39 Å². The van der Waals surface area contributed by atoms with Gasteiger partial charge in [-0.3, -0.25) is 4.79 Å². The van der Waals surface area contributed by atoms with Gasteiger partial charge in [0.15, 0.2) is 12.4 Å². The van der Waals surface area contributed by atoms with Gasteiger partial charge in [0.2, 0.25) is 0 Å². The highest BCUT2D eigenvalue weighted by Crippen LogP contribution is 2.25. The van der Waals surface area contributed by atoms with Gasteiger partial charge in [-0.2, -0.15) is 10.4 Å². The second-order valence-electron chi connectivity index (χ2n) is 6.97. The minimum absolute atomic E-state index is 0.114. The van der Waals surface area contributed by atoms with Crippen LogP contribution in [0.2, 0.25) is 0 Å². The van der Waals surface area contributed by atoms with Crippen molar-refractivity contribution in [3.8, 4) is 23.0 Å². The van der Waals surface area contributed by atoms with Crippen LogP contribution in [0.5, 0.6) is 0 Å². The number of hydrogen-bond donors (Lipinski definition) is 1. The van der Waals surface area contributed by atoms with Crippen LogP contribution in [-0.2, 0) is 9.53 Å². The molecule has 0 aliphatic carbocycles. The van der Waals surface area contributed by atoms with E-state index in [0.717, 1.165) is 5.56 Å². The lowest BCUT2D eigenvalue weighted by Gasteiger charge is -2.08. The monoisotopic (exact) mass is 418 g/mol. The molecule has 3 aromatic rings. The minimum atomic E-state index is -1.26. The summed E-state index contributed by atoms with van der Waals surface area (Å²) in [7, 11) is 0. The maximum absolute atomic E-state index is 13.3. The quantitative estimate of drug-likeness (QED) is 0.462. The van der Waals surface area contributed by atoms with Gasteiger partial charge in [0.25, 0.3) is 0 Å². The number of carbonyl (C=O) groups excluding carboxylic acids is 2. The minimum Gasteiger partial charge on any atom is -0.454 e. The van der Waals surface area contributed by atoms with Gasteiger partial charge in [0.05, 0.1) is 11.8 Å². The average molecular weight is 418 g/mol. The van der Waals surface area contributed by atoms with Crippen LogP contribution in [0.3, 0.4) is 0 Å². The van der Waals surface area contributed by atoms with Gasteiger partial charge in [-0.1, -0.05) is 23.8 Å². The van der Waals surface area contributed by atoms with E-state index >= 15 is 0 Å². The van der Waals surface area contributed by atoms with Gasteiger partial charge in [-0.05, 0) is 44.2 Å². The standard InChI is InChI=1S/C23H19FN4O3/c1-14-4-3-5-16(10-14)22-20(12-28(27-22)18-8-6-17(24)7-9-18)23(30)31-13-21(29)19(11-25)15(2)26/h3-10,12,19,26H,13H2,1-2H3/t19-/m1/s1. The first-order chi connectivity index (χ1) is 14.8. The molecular formula is C23H19FN4O3. The fraction of sp³-hybridized carbons (Fsp3) is 0.174. The first-order valence-corrected chi connectivity index (χ1v) is 9.37. The van der Waals surface area contributed by atoms with Crippen LogP contribution in [0.15, 0.2) is 54.7 Å². The third kappa shape index (κ3) is 4.90.